The molecule has 0 saturated carbocycles. The number of aromatic nitrogens is 2. The summed E-state index contributed by atoms with van der Waals surface area (Å²) < 4.78 is 5.66. The number of nitrogens with one attached hydrogen (secondary N) is 1. The Morgan fingerprint density at radius 2 is 1.76 bits per heavy atom. The number of piperazine rings is 2. The van der Waals surface area contributed by atoms with Crippen molar-refractivity contribution in [3.05, 3.63) is 18.0 Å². The molecular weight excluding hydrogens is 376 g/mol. The predicted octanol–water partition coefficient (Wildman–Crippen LogP) is -1.14. The lowest BCUT2D eigenvalue weighted by molar-refractivity contribution is -0.132. The van der Waals surface area contributed by atoms with Gasteiger partial charge in [-0.05, 0) is 0 Å². The van der Waals surface area contributed by atoms with Crippen LogP contribution in [-0.4, -0.2) is 116 Å². The monoisotopic (exact) mass is 408 g/mol. The van der Waals surface area contributed by atoms with Crippen LogP contribution < -0.4 is 10.2 Å². The lowest BCUT2D eigenvalue weighted by atomic mass is 10.3. The van der Waals surface area contributed by atoms with Crippen LogP contribution in [0.4, 0.5) is 5.95 Å². The first-order chi connectivity index (χ1) is 14.3. The van der Waals surface area contributed by atoms with E-state index in [4.69, 9.17) is 9.84 Å². The minimum Gasteiger partial charge on any atom is -0.400 e. The van der Waals surface area contributed by atoms with E-state index in [9.17, 15) is 9.59 Å². The van der Waals surface area contributed by atoms with Gasteiger partial charge in [-0.25, -0.2) is 9.97 Å². The molecule has 10 nitrogen and oxygen atoms in total. The number of ether oxygens (including phenoxy) is 1. The van der Waals surface area contributed by atoms with Gasteiger partial charge in [0.25, 0.3) is 0 Å². The summed E-state index contributed by atoms with van der Waals surface area (Å²) in [5.74, 6) is 0.855. The molecule has 2 saturated heterocycles. The quantitative estimate of drug-likeness (QED) is 0.407. The van der Waals surface area contributed by atoms with E-state index in [0.717, 1.165) is 72.3 Å². The van der Waals surface area contributed by atoms with Crippen LogP contribution in [-0.2, 0) is 9.53 Å². The third kappa shape index (κ3) is 7.65. The van der Waals surface area contributed by atoms with E-state index in [1.54, 1.807) is 12.4 Å². The van der Waals surface area contributed by atoms with Crippen molar-refractivity contribution in [3.63, 3.8) is 0 Å². The van der Waals surface area contributed by atoms with Crippen LogP contribution in [0.3, 0.4) is 0 Å². The highest BCUT2D eigenvalue weighted by molar-refractivity contribution is 5.76. The standard InChI is InChI=1S/C18H28N6O3.CH4O/c25-15-16-13-20-18(21-14-16)24-8-6-22(7-9-24)10-12-27-11-1-17(26)23-4-2-19-3-5-23;1-2/h13-15,19H,1-12H2;2H,1H3. The van der Waals surface area contributed by atoms with Crippen molar-refractivity contribution in [1.82, 2.24) is 25.1 Å². The van der Waals surface area contributed by atoms with Gasteiger partial charge in [0.05, 0.1) is 25.2 Å². The van der Waals surface area contributed by atoms with E-state index < -0.39 is 0 Å². The largest absolute Gasteiger partial charge is 0.400 e. The molecule has 1 aromatic rings. The van der Waals surface area contributed by atoms with Gasteiger partial charge in [-0.2, -0.15) is 0 Å². The summed E-state index contributed by atoms with van der Waals surface area (Å²) in [5, 5.41) is 10.2. The number of carbonyl (C=O) groups is 2. The van der Waals surface area contributed by atoms with Crippen molar-refractivity contribution in [1.29, 1.82) is 0 Å². The fraction of sp³-hybridized carbons (Fsp3) is 0.684. The Hall–Kier alpha value is -2.14. The van der Waals surface area contributed by atoms with E-state index >= 15 is 0 Å². The number of nitrogens with zero attached hydrogens (tertiary/aromatic N) is 5. The normalized spacial score (nSPS) is 17.4. The first kappa shape index (κ1) is 23.1. The van der Waals surface area contributed by atoms with Crippen LogP contribution in [0.15, 0.2) is 12.4 Å². The lowest BCUT2D eigenvalue weighted by Gasteiger charge is -2.34. The van der Waals surface area contributed by atoms with Crippen molar-refractivity contribution in [2.45, 2.75) is 6.42 Å². The van der Waals surface area contributed by atoms with Crippen LogP contribution >= 0.6 is 0 Å². The number of aliphatic hydroxyl groups is 1. The van der Waals surface area contributed by atoms with Crippen LogP contribution in [0.1, 0.15) is 16.8 Å². The minimum absolute atomic E-state index is 0.186. The molecule has 1 amide bonds. The van der Waals surface area contributed by atoms with Gasteiger partial charge in [-0.1, -0.05) is 0 Å². The number of hydrogen-bond acceptors (Lipinski definition) is 9. The Kier molecular flexibility index (Phi) is 10.5. The van der Waals surface area contributed by atoms with E-state index in [1.165, 1.54) is 0 Å². The van der Waals surface area contributed by atoms with E-state index in [-0.39, 0.29) is 5.91 Å². The zero-order valence-electron chi connectivity index (χ0n) is 17.1. The van der Waals surface area contributed by atoms with Gasteiger partial charge in [0.15, 0.2) is 6.29 Å². The summed E-state index contributed by atoms with van der Waals surface area (Å²) in [6, 6.07) is 0. The Morgan fingerprint density at radius 1 is 1.10 bits per heavy atom. The molecule has 162 valence electrons. The number of hydrogen-bond donors (Lipinski definition) is 2. The maximum atomic E-state index is 12.0. The number of carbonyl (C=O) groups excluding carboxylic acids is 2. The van der Waals surface area contributed by atoms with Gasteiger partial charge < -0.3 is 25.0 Å². The molecule has 0 aromatic carbocycles. The lowest BCUT2D eigenvalue weighted by Crippen LogP contribution is -2.48. The zero-order valence-corrected chi connectivity index (χ0v) is 17.1. The SMILES string of the molecule is CO.O=Cc1cnc(N2CCN(CCOCCC(=O)N3CCNCC3)CC2)nc1. The minimum atomic E-state index is 0.186. The van der Waals surface area contributed by atoms with E-state index in [2.05, 4.69) is 25.1 Å². The topological polar surface area (TPSA) is 111 Å². The number of amides is 1. The molecule has 3 heterocycles. The first-order valence-corrected chi connectivity index (χ1v) is 10.0. The summed E-state index contributed by atoms with van der Waals surface area (Å²) >= 11 is 0. The van der Waals surface area contributed by atoms with Crippen LogP contribution in [0.2, 0.25) is 0 Å². The molecular formula is C19H32N6O4. The predicted molar refractivity (Wildman–Crippen MR) is 109 cm³/mol. The summed E-state index contributed by atoms with van der Waals surface area (Å²) in [4.78, 5) is 37.6. The maximum Gasteiger partial charge on any atom is 0.225 e. The van der Waals surface area contributed by atoms with Gasteiger partial charge >= 0.3 is 0 Å². The summed E-state index contributed by atoms with van der Waals surface area (Å²) in [6.45, 7) is 8.87. The van der Waals surface area contributed by atoms with Gasteiger partial charge in [-0.15, -0.1) is 0 Å². The number of aldehydes is 1. The van der Waals surface area contributed by atoms with Crippen molar-refractivity contribution in [3.8, 4) is 0 Å². The van der Waals surface area contributed by atoms with Gasteiger partial charge in [0, 0.05) is 78.4 Å². The highest BCUT2D eigenvalue weighted by atomic mass is 16.5. The van der Waals surface area contributed by atoms with Gasteiger partial charge in [0.2, 0.25) is 11.9 Å². The fourth-order valence-corrected chi connectivity index (χ4v) is 3.25. The van der Waals surface area contributed by atoms with Crippen LogP contribution in [0.5, 0.6) is 0 Å². The molecule has 2 aliphatic rings. The molecule has 10 heteroatoms. The van der Waals surface area contributed by atoms with E-state index in [1.807, 2.05) is 4.90 Å². The fourth-order valence-electron chi connectivity index (χ4n) is 3.25. The van der Waals surface area contributed by atoms with Crippen LogP contribution in [0, 0.1) is 0 Å². The maximum absolute atomic E-state index is 12.0. The number of rotatable bonds is 8. The van der Waals surface area contributed by atoms with Crippen molar-refractivity contribution < 1.29 is 19.4 Å². The molecule has 0 unspecified atom stereocenters. The molecule has 0 spiro atoms. The molecule has 0 aliphatic carbocycles. The molecule has 2 aliphatic heterocycles. The summed E-state index contributed by atoms with van der Waals surface area (Å²) in [5.41, 5.74) is 0.491. The average molecular weight is 409 g/mol. The van der Waals surface area contributed by atoms with Crippen LogP contribution in [0.25, 0.3) is 0 Å². The molecule has 0 radical (unpaired) electrons. The Morgan fingerprint density at radius 3 is 2.38 bits per heavy atom. The Labute approximate surface area is 171 Å². The molecule has 3 rings (SSSR count). The number of aliphatic hydroxyl groups excluding tert-OH is 1. The molecule has 0 atom stereocenters. The second kappa shape index (κ2) is 13.2. The molecule has 0 bridgehead atoms. The van der Waals surface area contributed by atoms with Gasteiger partial charge in [0.1, 0.15) is 0 Å². The van der Waals surface area contributed by atoms with Crippen molar-refractivity contribution in [2.75, 3.05) is 84.1 Å². The molecule has 1 aromatic heterocycles. The summed E-state index contributed by atoms with van der Waals surface area (Å²) in [7, 11) is 1.00. The van der Waals surface area contributed by atoms with Gasteiger partial charge in [-0.3, -0.25) is 14.5 Å². The molecule has 2 fully saturated rings. The zero-order chi connectivity index (χ0) is 20.9. The highest BCUT2D eigenvalue weighted by Crippen LogP contribution is 2.10. The highest BCUT2D eigenvalue weighted by Gasteiger charge is 2.19. The average Bonchev–Trinajstić information content (AvgIpc) is 2.81. The second-order valence-corrected chi connectivity index (χ2v) is 6.76. The smallest absolute Gasteiger partial charge is 0.225 e. The second-order valence-electron chi connectivity index (χ2n) is 6.76. The number of anilines is 1. The third-order valence-corrected chi connectivity index (χ3v) is 4.93. The Bertz CT molecular complexity index is 601. The Balaban J connectivity index is 0.00000145. The summed E-state index contributed by atoms with van der Waals surface area (Å²) in [6.07, 6.45) is 4.31. The first-order valence-electron chi connectivity index (χ1n) is 10.0. The van der Waals surface area contributed by atoms with Crippen molar-refractivity contribution >= 4 is 18.1 Å². The van der Waals surface area contributed by atoms with Crippen molar-refractivity contribution in [2.24, 2.45) is 0 Å². The third-order valence-electron chi connectivity index (χ3n) is 4.93. The molecule has 2 N–H and O–H groups in total. The molecule has 29 heavy (non-hydrogen) atoms. The van der Waals surface area contributed by atoms with E-state index in [0.29, 0.717) is 31.1 Å².